The van der Waals surface area contributed by atoms with Crippen LogP contribution in [-0.2, 0) is 14.8 Å². The van der Waals surface area contributed by atoms with Crippen molar-refractivity contribution in [3.05, 3.63) is 68.3 Å². The second-order valence-corrected chi connectivity index (χ2v) is 7.36. The molecule has 0 radical (unpaired) electrons. The molecular formula is C15H15N5O7S. The Morgan fingerprint density at radius 1 is 1.14 bits per heavy atom. The predicted octanol–water partition coefficient (Wildman–Crippen LogP) is 0.997. The van der Waals surface area contributed by atoms with Crippen LogP contribution >= 0.6 is 0 Å². The third-order valence-corrected chi connectivity index (χ3v) is 5.55. The predicted molar refractivity (Wildman–Crippen MR) is 97.8 cm³/mol. The Balaban J connectivity index is 2.69. The molecular weight excluding hydrogens is 394 g/mol. The molecule has 0 saturated heterocycles. The van der Waals surface area contributed by atoms with Crippen molar-refractivity contribution in [2.45, 2.75) is 11.8 Å². The standard InChI is InChI=1S/C15H15N5O7S/c1-10-8-11(19(22)23)6-7-12(10)18(9-15(21)17-16)28(26,27)14-5-3-2-4-13(14)20(24)25/h2-8H,9,16H2,1H3,(H,17,21). The van der Waals surface area contributed by atoms with Crippen LogP contribution in [0.25, 0.3) is 0 Å². The monoisotopic (exact) mass is 409 g/mol. The fourth-order valence-corrected chi connectivity index (χ4v) is 4.10. The van der Waals surface area contributed by atoms with Gasteiger partial charge in [-0.15, -0.1) is 0 Å². The topological polar surface area (TPSA) is 179 Å². The summed E-state index contributed by atoms with van der Waals surface area (Å²) in [6.45, 7) is 0.619. The Morgan fingerprint density at radius 3 is 2.32 bits per heavy atom. The van der Waals surface area contributed by atoms with E-state index >= 15 is 0 Å². The molecule has 13 heteroatoms. The van der Waals surface area contributed by atoms with Crippen molar-refractivity contribution in [1.82, 2.24) is 5.43 Å². The molecule has 0 unspecified atom stereocenters. The van der Waals surface area contributed by atoms with Crippen LogP contribution in [-0.4, -0.2) is 30.7 Å². The maximum Gasteiger partial charge on any atom is 0.289 e. The Morgan fingerprint density at radius 2 is 1.79 bits per heavy atom. The van der Waals surface area contributed by atoms with E-state index in [0.29, 0.717) is 4.31 Å². The molecule has 0 aliphatic heterocycles. The van der Waals surface area contributed by atoms with Crippen LogP contribution in [0, 0.1) is 27.2 Å². The average Bonchev–Trinajstić information content (AvgIpc) is 2.65. The lowest BCUT2D eigenvalue weighted by Gasteiger charge is -2.25. The van der Waals surface area contributed by atoms with Crippen molar-refractivity contribution in [3.63, 3.8) is 0 Å². The van der Waals surface area contributed by atoms with Crippen LogP contribution in [0.15, 0.2) is 47.4 Å². The Hall–Kier alpha value is -3.58. The average molecular weight is 409 g/mol. The van der Waals surface area contributed by atoms with Crippen LogP contribution in [0.5, 0.6) is 0 Å². The van der Waals surface area contributed by atoms with E-state index in [1.54, 1.807) is 5.43 Å². The van der Waals surface area contributed by atoms with E-state index in [4.69, 9.17) is 5.84 Å². The Labute approximate surface area is 158 Å². The number of carbonyl (C=O) groups is 1. The smallest absolute Gasteiger partial charge is 0.289 e. The third-order valence-electron chi connectivity index (χ3n) is 3.74. The minimum absolute atomic E-state index is 0.0626. The lowest BCUT2D eigenvalue weighted by atomic mass is 10.2. The molecule has 1 amide bonds. The Kier molecular flexibility index (Phi) is 5.90. The highest BCUT2D eigenvalue weighted by molar-refractivity contribution is 7.93. The molecule has 12 nitrogen and oxygen atoms in total. The van der Waals surface area contributed by atoms with Gasteiger partial charge in [0.25, 0.3) is 27.3 Å². The lowest BCUT2D eigenvalue weighted by molar-refractivity contribution is -0.387. The van der Waals surface area contributed by atoms with E-state index in [9.17, 15) is 33.4 Å². The van der Waals surface area contributed by atoms with Gasteiger partial charge in [-0.1, -0.05) is 12.1 Å². The molecule has 0 heterocycles. The number of hydrogen-bond acceptors (Lipinski definition) is 8. The lowest BCUT2D eigenvalue weighted by Crippen LogP contribution is -2.43. The van der Waals surface area contributed by atoms with Crippen molar-refractivity contribution >= 4 is 33.0 Å². The summed E-state index contributed by atoms with van der Waals surface area (Å²) in [4.78, 5) is 31.8. The summed E-state index contributed by atoms with van der Waals surface area (Å²) in [5, 5.41) is 22.2. The van der Waals surface area contributed by atoms with Crippen LogP contribution in [0.1, 0.15) is 5.56 Å². The van der Waals surface area contributed by atoms with Crippen LogP contribution in [0.3, 0.4) is 0 Å². The normalized spacial score (nSPS) is 10.9. The van der Waals surface area contributed by atoms with E-state index in [2.05, 4.69) is 0 Å². The van der Waals surface area contributed by atoms with Crippen molar-refractivity contribution in [2.24, 2.45) is 5.84 Å². The van der Waals surface area contributed by atoms with Crippen molar-refractivity contribution in [2.75, 3.05) is 10.8 Å². The molecule has 28 heavy (non-hydrogen) atoms. The van der Waals surface area contributed by atoms with Gasteiger partial charge in [0.2, 0.25) is 0 Å². The molecule has 0 bridgehead atoms. The van der Waals surface area contributed by atoms with Crippen LogP contribution < -0.4 is 15.6 Å². The van der Waals surface area contributed by atoms with Crippen molar-refractivity contribution in [3.8, 4) is 0 Å². The molecule has 0 aliphatic carbocycles. The van der Waals surface area contributed by atoms with Crippen molar-refractivity contribution in [1.29, 1.82) is 0 Å². The first-order chi connectivity index (χ1) is 13.1. The summed E-state index contributed by atoms with van der Waals surface area (Å²) in [6.07, 6.45) is 0. The number of carbonyl (C=O) groups excluding carboxylic acids is 1. The molecule has 0 aromatic heterocycles. The zero-order valence-corrected chi connectivity index (χ0v) is 15.3. The summed E-state index contributed by atoms with van der Waals surface area (Å²) >= 11 is 0. The number of anilines is 1. The maximum absolute atomic E-state index is 13.1. The molecule has 148 valence electrons. The fourth-order valence-electron chi connectivity index (χ4n) is 2.45. The molecule has 3 N–H and O–H groups in total. The number of nitrogens with zero attached hydrogens (tertiary/aromatic N) is 3. The maximum atomic E-state index is 13.1. The molecule has 2 rings (SSSR count). The van der Waals surface area contributed by atoms with Gasteiger partial charge in [-0.05, 0) is 24.6 Å². The number of hydrogen-bond donors (Lipinski definition) is 2. The van der Waals surface area contributed by atoms with E-state index in [1.807, 2.05) is 0 Å². The summed E-state index contributed by atoms with van der Waals surface area (Å²) in [5.41, 5.74) is 0.928. The zero-order valence-electron chi connectivity index (χ0n) is 14.4. The molecule has 2 aromatic carbocycles. The Bertz CT molecular complexity index is 1050. The number of hydrazine groups is 1. The highest BCUT2D eigenvalue weighted by Crippen LogP contribution is 2.32. The number of aryl methyl sites for hydroxylation is 1. The number of rotatable bonds is 7. The third kappa shape index (κ3) is 4.05. The van der Waals surface area contributed by atoms with Crippen molar-refractivity contribution < 1.29 is 23.1 Å². The van der Waals surface area contributed by atoms with E-state index < -0.39 is 42.9 Å². The SMILES string of the molecule is Cc1cc([N+](=O)[O-])ccc1N(CC(=O)NN)S(=O)(=O)c1ccccc1[N+](=O)[O-]. The number of nitrogens with two attached hydrogens (primary N) is 1. The minimum Gasteiger partial charge on any atom is -0.293 e. The summed E-state index contributed by atoms with van der Waals surface area (Å²) < 4.78 is 26.9. The van der Waals surface area contributed by atoms with Gasteiger partial charge in [-0.2, -0.15) is 0 Å². The highest BCUT2D eigenvalue weighted by Gasteiger charge is 2.34. The quantitative estimate of drug-likeness (QED) is 0.294. The number of sulfonamides is 1. The van der Waals surface area contributed by atoms with Crippen LogP contribution in [0.4, 0.5) is 17.1 Å². The largest absolute Gasteiger partial charge is 0.293 e. The molecule has 0 spiro atoms. The number of non-ortho nitro benzene ring substituents is 1. The summed E-state index contributed by atoms with van der Waals surface area (Å²) in [6, 6.07) is 7.96. The summed E-state index contributed by atoms with van der Waals surface area (Å²) in [7, 11) is -4.59. The zero-order chi connectivity index (χ0) is 21.1. The number of nitro groups is 2. The van der Waals surface area contributed by atoms with Gasteiger partial charge in [-0.3, -0.25) is 34.8 Å². The van der Waals surface area contributed by atoms with E-state index in [0.717, 1.165) is 30.3 Å². The molecule has 2 aromatic rings. The number of para-hydroxylation sites is 1. The van der Waals surface area contributed by atoms with Crippen LogP contribution in [0.2, 0.25) is 0 Å². The first kappa shape index (κ1) is 20.7. The van der Waals surface area contributed by atoms with E-state index in [-0.39, 0.29) is 16.9 Å². The molecule has 0 fully saturated rings. The first-order valence-electron chi connectivity index (χ1n) is 7.60. The van der Waals surface area contributed by atoms with Gasteiger partial charge in [0.15, 0.2) is 4.90 Å². The molecule has 0 aliphatic rings. The highest BCUT2D eigenvalue weighted by atomic mass is 32.2. The number of amides is 1. The van der Waals surface area contributed by atoms with Gasteiger partial charge < -0.3 is 0 Å². The number of nitro benzene ring substituents is 2. The van der Waals surface area contributed by atoms with Gasteiger partial charge in [0.1, 0.15) is 6.54 Å². The number of nitrogens with one attached hydrogen (secondary N) is 1. The fraction of sp³-hybridized carbons (Fsp3) is 0.133. The second kappa shape index (κ2) is 7.98. The number of benzene rings is 2. The van der Waals surface area contributed by atoms with Gasteiger partial charge >= 0.3 is 0 Å². The van der Waals surface area contributed by atoms with Gasteiger partial charge in [0, 0.05) is 18.2 Å². The molecule has 0 saturated carbocycles. The summed E-state index contributed by atoms with van der Waals surface area (Å²) in [5.74, 6) is 4.15. The van der Waals surface area contributed by atoms with E-state index in [1.165, 1.54) is 19.1 Å². The van der Waals surface area contributed by atoms with Gasteiger partial charge in [-0.25, -0.2) is 14.3 Å². The minimum atomic E-state index is -4.59. The molecule has 0 atom stereocenters. The van der Waals surface area contributed by atoms with Gasteiger partial charge in [0.05, 0.1) is 15.5 Å². The first-order valence-corrected chi connectivity index (χ1v) is 9.04. The second-order valence-electron chi connectivity index (χ2n) is 5.53.